The maximum atomic E-state index is 11.4. The van der Waals surface area contributed by atoms with Gasteiger partial charge in [-0.15, -0.1) is 0 Å². The SMILES string of the molecule is CCC1(CNS(=O)(=O)CC(N)=S)CC1. The second kappa shape index (κ2) is 4.12. The highest BCUT2D eigenvalue weighted by molar-refractivity contribution is 7.92. The van der Waals surface area contributed by atoms with Gasteiger partial charge >= 0.3 is 0 Å². The zero-order valence-electron chi connectivity index (χ0n) is 8.25. The van der Waals surface area contributed by atoms with Crippen LogP contribution in [0, 0.1) is 5.41 Å². The summed E-state index contributed by atoms with van der Waals surface area (Å²) in [6, 6.07) is 0. The van der Waals surface area contributed by atoms with Gasteiger partial charge in [-0.1, -0.05) is 19.1 Å². The van der Waals surface area contributed by atoms with E-state index >= 15 is 0 Å². The standard InChI is InChI=1S/C8H16N2O2S2/c1-2-8(3-4-8)6-10-14(11,12)5-7(9)13/h10H,2-6H2,1H3,(H2,9,13). The van der Waals surface area contributed by atoms with Gasteiger partial charge in [-0.05, 0) is 24.7 Å². The minimum Gasteiger partial charge on any atom is -0.392 e. The van der Waals surface area contributed by atoms with Crippen molar-refractivity contribution in [3.63, 3.8) is 0 Å². The first-order chi connectivity index (χ1) is 6.39. The van der Waals surface area contributed by atoms with E-state index in [1.807, 2.05) is 0 Å². The molecule has 0 aromatic carbocycles. The summed E-state index contributed by atoms with van der Waals surface area (Å²) in [6.07, 6.45) is 3.24. The van der Waals surface area contributed by atoms with E-state index in [0.717, 1.165) is 19.3 Å². The predicted octanol–water partition coefficient (Wildman–Crippen LogP) is 0.382. The fourth-order valence-corrected chi connectivity index (χ4v) is 2.80. The molecule has 1 rings (SSSR count). The lowest BCUT2D eigenvalue weighted by atomic mass is 10.1. The molecule has 0 aromatic rings. The first-order valence-corrected chi connectivity index (χ1v) is 6.71. The van der Waals surface area contributed by atoms with Crippen molar-refractivity contribution in [3.05, 3.63) is 0 Å². The molecule has 4 nitrogen and oxygen atoms in total. The quantitative estimate of drug-likeness (QED) is 0.654. The molecular weight excluding hydrogens is 220 g/mol. The van der Waals surface area contributed by atoms with E-state index in [9.17, 15) is 8.42 Å². The van der Waals surface area contributed by atoms with Crippen molar-refractivity contribution in [2.45, 2.75) is 26.2 Å². The Bertz CT molecular complexity index is 320. The van der Waals surface area contributed by atoms with Gasteiger partial charge in [-0.3, -0.25) is 0 Å². The first-order valence-electron chi connectivity index (χ1n) is 4.65. The third-order valence-corrected chi connectivity index (χ3v) is 4.31. The summed E-state index contributed by atoms with van der Waals surface area (Å²) in [6.45, 7) is 2.60. The second-order valence-electron chi connectivity index (χ2n) is 3.90. The van der Waals surface area contributed by atoms with Gasteiger partial charge in [0.05, 0.1) is 4.99 Å². The van der Waals surface area contributed by atoms with Crippen LogP contribution in [0.25, 0.3) is 0 Å². The van der Waals surface area contributed by atoms with Crippen LogP contribution in [0.1, 0.15) is 26.2 Å². The highest BCUT2D eigenvalue weighted by Crippen LogP contribution is 2.47. The summed E-state index contributed by atoms with van der Waals surface area (Å²) in [5.74, 6) is -0.248. The van der Waals surface area contributed by atoms with Crippen LogP contribution in [0.15, 0.2) is 0 Å². The molecule has 0 saturated heterocycles. The molecule has 0 aromatic heterocycles. The number of nitrogens with one attached hydrogen (secondary N) is 1. The van der Waals surface area contributed by atoms with Crippen LogP contribution in [0.5, 0.6) is 0 Å². The Hall–Kier alpha value is -0.200. The van der Waals surface area contributed by atoms with Crippen LogP contribution in [0.2, 0.25) is 0 Å². The Labute approximate surface area is 90.3 Å². The molecule has 0 spiro atoms. The van der Waals surface area contributed by atoms with Gasteiger partial charge in [-0.2, -0.15) is 0 Å². The third kappa shape index (κ3) is 3.51. The van der Waals surface area contributed by atoms with Gasteiger partial charge < -0.3 is 5.73 Å². The van der Waals surface area contributed by atoms with Crippen molar-refractivity contribution < 1.29 is 8.42 Å². The van der Waals surface area contributed by atoms with Gasteiger partial charge in [-0.25, -0.2) is 13.1 Å². The molecule has 0 aliphatic heterocycles. The fourth-order valence-electron chi connectivity index (χ4n) is 1.33. The molecule has 1 fully saturated rings. The molecule has 14 heavy (non-hydrogen) atoms. The highest BCUT2D eigenvalue weighted by atomic mass is 32.2. The average molecular weight is 236 g/mol. The number of sulfonamides is 1. The smallest absolute Gasteiger partial charge is 0.218 e. The van der Waals surface area contributed by atoms with Gasteiger partial charge in [0.15, 0.2) is 0 Å². The largest absolute Gasteiger partial charge is 0.392 e. The summed E-state index contributed by atoms with van der Waals surface area (Å²) in [7, 11) is -3.30. The minimum atomic E-state index is -3.30. The monoisotopic (exact) mass is 236 g/mol. The van der Waals surface area contributed by atoms with Crippen molar-refractivity contribution in [2.24, 2.45) is 11.1 Å². The topological polar surface area (TPSA) is 72.2 Å². The summed E-state index contributed by atoms with van der Waals surface area (Å²) in [5.41, 5.74) is 5.39. The molecule has 0 amide bonds. The van der Waals surface area contributed by atoms with Crippen LogP contribution in [0.3, 0.4) is 0 Å². The Balaban J connectivity index is 2.40. The minimum absolute atomic E-state index is 0.0128. The number of hydrogen-bond donors (Lipinski definition) is 2. The molecule has 0 atom stereocenters. The van der Waals surface area contributed by atoms with Gasteiger partial charge in [0, 0.05) is 6.54 Å². The lowest BCUT2D eigenvalue weighted by Crippen LogP contribution is -2.35. The third-order valence-electron chi connectivity index (χ3n) is 2.71. The first kappa shape index (κ1) is 11.9. The number of nitrogens with two attached hydrogens (primary N) is 1. The molecule has 1 saturated carbocycles. The van der Waals surface area contributed by atoms with Crippen LogP contribution in [-0.2, 0) is 10.0 Å². The Morgan fingerprint density at radius 3 is 2.50 bits per heavy atom. The van der Waals surface area contributed by atoms with Crippen LogP contribution in [0.4, 0.5) is 0 Å². The molecule has 1 aliphatic rings. The van der Waals surface area contributed by atoms with Crippen molar-refractivity contribution in [3.8, 4) is 0 Å². The van der Waals surface area contributed by atoms with E-state index in [1.54, 1.807) is 0 Å². The lowest BCUT2D eigenvalue weighted by Gasteiger charge is -2.13. The van der Waals surface area contributed by atoms with Crippen LogP contribution >= 0.6 is 12.2 Å². The van der Waals surface area contributed by atoms with Crippen molar-refractivity contribution >= 4 is 27.2 Å². The molecule has 82 valence electrons. The average Bonchev–Trinajstić information content (AvgIpc) is 2.79. The highest BCUT2D eigenvalue weighted by Gasteiger charge is 2.41. The number of thiocarbonyl (C=S) groups is 1. The molecule has 0 unspecified atom stereocenters. The fraction of sp³-hybridized carbons (Fsp3) is 0.875. The van der Waals surface area contributed by atoms with Crippen LogP contribution in [-0.4, -0.2) is 25.7 Å². The van der Waals surface area contributed by atoms with E-state index in [1.165, 1.54) is 0 Å². The van der Waals surface area contributed by atoms with E-state index in [4.69, 9.17) is 5.73 Å². The molecule has 0 bridgehead atoms. The molecule has 0 heterocycles. The number of hydrogen-bond acceptors (Lipinski definition) is 3. The molecular formula is C8H16N2O2S2. The Morgan fingerprint density at radius 1 is 1.57 bits per heavy atom. The summed E-state index contributed by atoms with van der Waals surface area (Å²) in [5, 5.41) is 0. The molecule has 1 aliphatic carbocycles. The van der Waals surface area contributed by atoms with Crippen molar-refractivity contribution in [1.82, 2.24) is 4.72 Å². The maximum Gasteiger partial charge on any atom is 0.218 e. The lowest BCUT2D eigenvalue weighted by molar-refractivity contribution is 0.476. The van der Waals surface area contributed by atoms with Crippen LogP contribution < -0.4 is 10.5 Å². The van der Waals surface area contributed by atoms with Crippen molar-refractivity contribution in [1.29, 1.82) is 0 Å². The van der Waals surface area contributed by atoms with E-state index in [2.05, 4.69) is 23.9 Å². The zero-order valence-corrected chi connectivity index (χ0v) is 9.88. The molecule has 6 heteroatoms. The maximum absolute atomic E-state index is 11.4. The summed E-state index contributed by atoms with van der Waals surface area (Å²) >= 11 is 4.55. The van der Waals surface area contributed by atoms with Gasteiger partial charge in [0.2, 0.25) is 10.0 Å². The predicted molar refractivity (Wildman–Crippen MR) is 60.5 cm³/mol. The summed E-state index contributed by atoms with van der Waals surface area (Å²) < 4.78 is 25.3. The van der Waals surface area contributed by atoms with Gasteiger partial charge in [0.1, 0.15) is 5.75 Å². The second-order valence-corrected chi connectivity index (χ2v) is 6.23. The molecule has 0 radical (unpaired) electrons. The van der Waals surface area contributed by atoms with E-state index in [0.29, 0.717) is 6.54 Å². The molecule has 3 N–H and O–H groups in total. The normalized spacial score (nSPS) is 19.2. The summed E-state index contributed by atoms with van der Waals surface area (Å²) in [4.78, 5) is 0.0128. The van der Waals surface area contributed by atoms with E-state index in [-0.39, 0.29) is 16.2 Å². The van der Waals surface area contributed by atoms with Crippen molar-refractivity contribution in [2.75, 3.05) is 12.3 Å². The Morgan fingerprint density at radius 2 is 2.14 bits per heavy atom. The number of rotatable bonds is 6. The van der Waals surface area contributed by atoms with Gasteiger partial charge in [0.25, 0.3) is 0 Å². The van der Waals surface area contributed by atoms with E-state index < -0.39 is 10.0 Å². The zero-order chi connectivity index (χ0) is 10.8. The Kier molecular flexibility index (Phi) is 3.49.